The molecule has 102 valence electrons. The van der Waals surface area contributed by atoms with E-state index in [4.69, 9.17) is 0 Å². The van der Waals surface area contributed by atoms with Gasteiger partial charge in [0, 0.05) is 12.4 Å². The molecule has 0 fully saturated rings. The fraction of sp³-hybridized carbons (Fsp3) is 0.467. The van der Waals surface area contributed by atoms with E-state index < -0.39 is 0 Å². The van der Waals surface area contributed by atoms with E-state index in [1.54, 1.807) is 6.20 Å². The van der Waals surface area contributed by atoms with Gasteiger partial charge in [-0.25, -0.2) is 0 Å². The van der Waals surface area contributed by atoms with Crippen molar-refractivity contribution in [1.82, 2.24) is 19.9 Å². The van der Waals surface area contributed by atoms with Gasteiger partial charge in [-0.05, 0) is 41.0 Å². The summed E-state index contributed by atoms with van der Waals surface area (Å²) in [6.07, 6.45) is 4.58. The monoisotopic (exact) mass is 258 g/mol. The zero-order chi connectivity index (χ0) is 14.4. The first-order valence-corrected chi connectivity index (χ1v) is 6.50. The first kappa shape index (κ1) is 15.2. The maximum absolute atomic E-state index is 4.33. The van der Waals surface area contributed by atoms with Crippen LogP contribution in [0, 0.1) is 34.6 Å². The van der Waals surface area contributed by atoms with Crippen molar-refractivity contribution in [3.8, 4) is 0 Å². The van der Waals surface area contributed by atoms with E-state index in [9.17, 15) is 0 Å². The Morgan fingerprint density at radius 3 is 1.68 bits per heavy atom. The second-order valence-electron chi connectivity index (χ2n) is 4.57. The number of aryl methyl sites for hydroxylation is 6. The predicted octanol–water partition coefficient (Wildman–Crippen LogP) is 3.06. The second kappa shape index (κ2) is 6.92. The molecule has 19 heavy (non-hydrogen) atoms. The van der Waals surface area contributed by atoms with Crippen molar-refractivity contribution in [3.63, 3.8) is 0 Å². The predicted molar refractivity (Wildman–Crippen MR) is 77.1 cm³/mol. The maximum Gasteiger partial charge on any atom is 0.0588 e. The van der Waals surface area contributed by atoms with Crippen molar-refractivity contribution < 1.29 is 0 Å². The maximum atomic E-state index is 4.33. The lowest BCUT2D eigenvalue weighted by molar-refractivity contribution is 0.941. The highest BCUT2D eigenvalue weighted by molar-refractivity contribution is 5.10. The fourth-order valence-electron chi connectivity index (χ4n) is 1.42. The molecule has 0 atom stereocenters. The molecule has 0 spiro atoms. The molecule has 0 aromatic carbocycles. The van der Waals surface area contributed by atoms with Gasteiger partial charge in [-0.15, -0.1) is 0 Å². The van der Waals surface area contributed by atoms with Gasteiger partial charge in [0.1, 0.15) is 0 Å². The molecule has 0 saturated carbocycles. The quantitative estimate of drug-likeness (QED) is 0.789. The Kier molecular flexibility index (Phi) is 5.55. The zero-order valence-electron chi connectivity index (χ0n) is 12.7. The third-order valence-corrected chi connectivity index (χ3v) is 2.92. The molecule has 0 unspecified atom stereocenters. The van der Waals surface area contributed by atoms with Gasteiger partial charge in [0.25, 0.3) is 0 Å². The molecule has 2 rings (SSSR count). The summed E-state index contributed by atoms with van der Waals surface area (Å²) in [5.74, 6) is 0. The van der Waals surface area contributed by atoms with E-state index in [0.29, 0.717) is 0 Å². The van der Waals surface area contributed by atoms with E-state index in [2.05, 4.69) is 26.9 Å². The molecule has 2 aromatic heterocycles. The highest BCUT2D eigenvalue weighted by Crippen LogP contribution is 2.00. The minimum Gasteiger partial charge on any atom is -0.258 e. The topological polar surface area (TPSA) is 51.6 Å². The smallest absolute Gasteiger partial charge is 0.0588 e. The minimum absolute atomic E-state index is 0.966. The number of hydrogen-bond donors (Lipinski definition) is 0. The third kappa shape index (κ3) is 4.73. The first-order chi connectivity index (χ1) is 8.93. The Hall–Kier alpha value is -1.84. The standard InChI is InChI=1S/C8H12N2.C7H10N2/c1-4-8-5-9-6(2)7(3)10-8;1-5-4-8-6(2)7(3)9-5/h5H,4H2,1-3H3;4H,1-3H3. The van der Waals surface area contributed by atoms with Crippen molar-refractivity contribution in [2.24, 2.45) is 0 Å². The first-order valence-electron chi connectivity index (χ1n) is 6.50. The summed E-state index contributed by atoms with van der Waals surface area (Å²) >= 11 is 0. The molecule has 0 aliphatic carbocycles. The average Bonchev–Trinajstić information content (AvgIpc) is 2.38. The van der Waals surface area contributed by atoms with Crippen molar-refractivity contribution in [3.05, 3.63) is 46.6 Å². The van der Waals surface area contributed by atoms with Crippen LogP contribution in [0.4, 0.5) is 0 Å². The lowest BCUT2D eigenvalue weighted by Gasteiger charge is -1.99. The number of hydrogen-bond acceptors (Lipinski definition) is 4. The van der Waals surface area contributed by atoms with Crippen molar-refractivity contribution in [1.29, 1.82) is 0 Å². The van der Waals surface area contributed by atoms with Gasteiger partial charge in [0.2, 0.25) is 0 Å². The van der Waals surface area contributed by atoms with Gasteiger partial charge >= 0.3 is 0 Å². The lowest BCUT2D eigenvalue weighted by Crippen LogP contribution is -1.95. The van der Waals surface area contributed by atoms with Crippen molar-refractivity contribution >= 4 is 0 Å². The minimum atomic E-state index is 0.966. The molecule has 4 nitrogen and oxygen atoms in total. The van der Waals surface area contributed by atoms with Crippen LogP contribution in [0.25, 0.3) is 0 Å². The number of rotatable bonds is 1. The normalized spacial score (nSPS) is 9.79. The molecule has 0 saturated heterocycles. The van der Waals surface area contributed by atoms with Gasteiger partial charge < -0.3 is 0 Å². The van der Waals surface area contributed by atoms with Crippen LogP contribution in [0.1, 0.15) is 41.1 Å². The summed E-state index contributed by atoms with van der Waals surface area (Å²) in [6, 6.07) is 0. The summed E-state index contributed by atoms with van der Waals surface area (Å²) in [6.45, 7) is 11.9. The molecule has 0 N–H and O–H groups in total. The highest BCUT2D eigenvalue weighted by atomic mass is 14.8. The van der Waals surface area contributed by atoms with Gasteiger partial charge in [-0.2, -0.15) is 0 Å². The van der Waals surface area contributed by atoms with Crippen LogP contribution >= 0.6 is 0 Å². The third-order valence-electron chi connectivity index (χ3n) is 2.92. The molecular formula is C15H22N4. The average molecular weight is 258 g/mol. The summed E-state index contributed by atoms with van der Waals surface area (Å²) < 4.78 is 0. The van der Waals surface area contributed by atoms with E-state index in [1.807, 2.05) is 40.8 Å². The molecule has 2 aromatic rings. The van der Waals surface area contributed by atoms with Gasteiger partial charge in [-0.1, -0.05) is 6.92 Å². The van der Waals surface area contributed by atoms with Crippen LogP contribution in [0.3, 0.4) is 0 Å². The van der Waals surface area contributed by atoms with E-state index >= 15 is 0 Å². The van der Waals surface area contributed by atoms with Crippen LogP contribution in [-0.4, -0.2) is 19.9 Å². The number of aromatic nitrogens is 4. The summed E-state index contributed by atoms with van der Waals surface area (Å²) in [7, 11) is 0. The molecule has 0 radical (unpaired) electrons. The fourth-order valence-corrected chi connectivity index (χ4v) is 1.42. The highest BCUT2D eigenvalue weighted by Gasteiger charge is 1.95. The molecule has 0 aliphatic heterocycles. The van der Waals surface area contributed by atoms with Crippen LogP contribution in [0.15, 0.2) is 12.4 Å². The van der Waals surface area contributed by atoms with E-state index in [1.165, 1.54) is 0 Å². The Labute approximate surface area is 115 Å². The SMILES string of the molecule is CCc1cnc(C)c(C)n1.Cc1cnc(C)c(C)n1. The van der Waals surface area contributed by atoms with Gasteiger partial charge in [0.15, 0.2) is 0 Å². The molecule has 0 bridgehead atoms. The Morgan fingerprint density at radius 1 is 0.737 bits per heavy atom. The van der Waals surface area contributed by atoms with E-state index in [-0.39, 0.29) is 0 Å². The molecule has 0 amide bonds. The van der Waals surface area contributed by atoms with Gasteiger partial charge in [-0.3, -0.25) is 19.9 Å². The van der Waals surface area contributed by atoms with E-state index in [0.717, 1.165) is 40.6 Å². The molecule has 4 heteroatoms. The van der Waals surface area contributed by atoms with Crippen LogP contribution in [0.2, 0.25) is 0 Å². The van der Waals surface area contributed by atoms with Crippen LogP contribution in [0.5, 0.6) is 0 Å². The Bertz CT molecular complexity index is 550. The molecule has 2 heterocycles. The van der Waals surface area contributed by atoms with Gasteiger partial charge in [0.05, 0.1) is 34.2 Å². The second-order valence-corrected chi connectivity index (χ2v) is 4.57. The van der Waals surface area contributed by atoms with Crippen LogP contribution < -0.4 is 0 Å². The van der Waals surface area contributed by atoms with Crippen molar-refractivity contribution in [2.45, 2.75) is 48.0 Å². The van der Waals surface area contributed by atoms with Crippen molar-refractivity contribution in [2.75, 3.05) is 0 Å². The lowest BCUT2D eigenvalue weighted by atomic mass is 10.3. The number of nitrogens with zero attached hydrogens (tertiary/aromatic N) is 4. The largest absolute Gasteiger partial charge is 0.258 e. The molecular weight excluding hydrogens is 236 g/mol. The van der Waals surface area contributed by atoms with Crippen LogP contribution in [-0.2, 0) is 6.42 Å². The summed E-state index contributed by atoms with van der Waals surface area (Å²) in [4.78, 5) is 16.8. The Balaban J connectivity index is 0.000000191. The Morgan fingerprint density at radius 2 is 1.26 bits per heavy atom. The summed E-state index contributed by atoms with van der Waals surface area (Å²) in [5.41, 5.74) is 6.16. The zero-order valence-corrected chi connectivity index (χ0v) is 12.7. The molecule has 0 aliphatic rings. The summed E-state index contributed by atoms with van der Waals surface area (Å²) in [5, 5.41) is 0.